The van der Waals surface area contributed by atoms with Gasteiger partial charge in [-0.15, -0.1) is 5.10 Å². The summed E-state index contributed by atoms with van der Waals surface area (Å²) in [6, 6.07) is 1.62. The van der Waals surface area contributed by atoms with Crippen molar-refractivity contribution in [2.75, 3.05) is 0 Å². The van der Waals surface area contributed by atoms with Crippen LogP contribution in [-0.2, 0) is 4.79 Å². The van der Waals surface area contributed by atoms with Crippen LogP contribution in [0.4, 0.5) is 0 Å². The van der Waals surface area contributed by atoms with Crippen LogP contribution in [0, 0.1) is 0 Å². The van der Waals surface area contributed by atoms with E-state index >= 15 is 0 Å². The third kappa shape index (κ3) is 0.485. The van der Waals surface area contributed by atoms with Gasteiger partial charge in [0, 0.05) is 6.20 Å². The Morgan fingerprint density at radius 1 is 1.70 bits per heavy atom. The molecule has 0 unspecified atom stereocenters. The highest BCUT2D eigenvalue weighted by molar-refractivity contribution is 5.84. The van der Waals surface area contributed by atoms with E-state index in [4.69, 9.17) is 0 Å². The van der Waals surface area contributed by atoms with Crippen LogP contribution in [0.25, 0.3) is 5.65 Å². The smallest absolute Gasteiger partial charge is 0.237 e. The second-order valence-electron chi connectivity index (χ2n) is 1.83. The molecule has 1 N–H and O–H groups in total. The molecule has 0 saturated carbocycles. The standard InChI is InChI=1S/C5H3N4O/c10-3-4-1-2-9-5(4)6-7-8-9/h1-2H,(H,6,8). The molecule has 0 aliphatic heterocycles. The van der Waals surface area contributed by atoms with Gasteiger partial charge in [-0.2, -0.15) is 5.21 Å². The van der Waals surface area contributed by atoms with E-state index in [1.54, 1.807) is 23.1 Å². The molecule has 0 aliphatic rings. The summed E-state index contributed by atoms with van der Waals surface area (Å²) in [5, 5.41) is 9.67. The van der Waals surface area contributed by atoms with Crippen LogP contribution in [0.5, 0.6) is 0 Å². The van der Waals surface area contributed by atoms with Crippen molar-refractivity contribution in [3.63, 3.8) is 0 Å². The van der Waals surface area contributed by atoms with Crippen LogP contribution >= 0.6 is 0 Å². The van der Waals surface area contributed by atoms with Crippen molar-refractivity contribution in [3.8, 4) is 0 Å². The third-order valence-electron chi connectivity index (χ3n) is 1.27. The minimum atomic E-state index is 0.425. The molecule has 2 aromatic rings. The molecule has 0 bridgehead atoms. The Kier molecular flexibility index (Phi) is 0.858. The highest BCUT2D eigenvalue weighted by Crippen LogP contribution is 2.02. The van der Waals surface area contributed by atoms with Crippen LogP contribution in [0.1, 0.15) is 5.56 Å². The molecule has 10 heavy (non-hydrogen) atoms. The Morgan fingerprint density at radius 2 is 2.60 bits per heavy atom. The van der Waals surface area contributed by atoms with E-state index in [0.717, 1.165) is 0 Å². The summed E-state index contributed by atoms with van der Waals surface area (Å²) in [5.74, 6) is 0. The van der Waals surface area contributed by atoms with Crippen molar-refractivity contribution in [3.05, 3.63) is 17.8 Å². The van der Waals surface area contributed by atoms with E-state index in [2.05, 4.69) is 15.5 Å². The van der Waals surface area contributed by atoms with Gasteiger partial charge in [0.05, 0.1) is 5.56 Å². The molecule has 0 spiro atoms. The van der Waals surface area contributed by atoms with Gasteiger partial charge in [0.2, 0.25) is 6.29 Å². The zero-order valence-electron chi connectivity index (χ0n) is 4.90. The van der Waals surface area contributed by atoms with Crippen LogP contribution in [0.3, 0.4) is 0 Å². The lowest BCUT2D eigenvalue weighted by Crippen LogP contribution is -1.79. The third-order valence-corrected chi connectivity index (χ3v) is 1.27. The highest BCUT2D eigenvalue weighted by Gasteiger charge is 2.02. The number of tetrazole rings is 1. The zero-order valence-corrected chi connectivity index (χ0v) is 4.90. The summed E-state index contributed by atoms with van der Waals surface area (Å²) in [7, 11) is 0. The number of rotatable bonds is 1. The molecule has 5 nitrogen and oxygen atoms in total. The molecular formula is C5H3N4O. The summed E-state index contributed by atoms with van der Waals surface area (Å²) in [6.45, 7) is 0. The molecule has 0 saturated heterocycles. The van der Waals surface area contributed by atoms with E-state index in [1.165, 1.54) is 0 Å². The van der Waals surface area contributed by atoms with E-state index in [9.17, 15) is 4.79 Å². The van der Waals surface area contributed by atoms with Gasteiger partial charge in [-0.25, -0.2) is 4.52 Å². The van der Waals surface area contributed by atoms with E-state index < -0.39 is 0 Å². The average molecular weight is 135 g/mol. The van der Waals surface area contributed by atoms with E-state index in [0.29, 0.717) is 11.2 Å². The number of nitrogens with one attached hydrogen (secondary N) is 1. The molecule has 0 aliphatic carbocycles. The lowest BCUT2D eigenvalue weighted by atomic mass is 10.4. The van der Waals surface area contributed by atoms with Crippen LogP contribution in [0.15, 0.2) is 12.3 Å². The fourth-order valence-corrected chi connectivity index (χ4v) is 0.804. The fraction of sp³-hybridized carbons (Fsp3) is 0. The van der Waals surface area contributed by atoms with E-state index in [-0.39, 0.29) is 0 Å². The summed E-state index contributed by atoms with van der Waals surface area (Å²) in [6.07, 6.45) is 3.40. The van der Waals surface area contributed by atoms with Crippen molar-refractivity contribution in [2.45, 2.75) is 0 Å². The van der Waals surface area contributed by atoms with Crippen molar-refractivity contribution < 1.29 is 4.79 Å². The summed E-state index contributed by atoms with van der Waals surface area (Å²) in [5.41, 5.74) is 0.934. The van der Waals surface area contributed by atoms with Gasteiger partial charge in [0.1, 0.15) is 0 Å². The number of nitrogens with zero attached hydrogens (tertiary/aromatic N) is 3. The zero-order chi connectivity index (χ0) is 6.97. The Labute approximate surface area is 55.6 Å². The average Bonchev–Trinajstić information content (AvgIpc) is 2.44. The molecule has 0 atom stereocenters. The van der Waals surface area contributed by atoms with Gasteiger partial charge >= 0.3 is 0 Å². The molecule has 49 valence electrons. The number of fused-ring (bicyclic) bond motifs is 1. The first-order valence-electron chi connectivity index (χ1n) is 2.68. The number of carbonyl (C=O) groups excluding carboxylic acids is 1. The number of aromatic amines is 1. The summed E-state index contributed by atoms with van der Waals surface area (Å²) < 4.78 is 1.54. The second kappa shape index (κ2) is 1.66. The van der Waals surface area contributed by atoms with Gasteiger partial charge in [-0.3, -0.25) is 4.79 Å². The molecule has 2 rings (SSSR count). The van der Waals surface area contributed by atoms with Gasteiger partial charge in [-0.05, 0) is 6.07 Å². The minimum absolute atomic E-state index is 0.425. The first kappa shape index (κ1) is 5.16. The molecule has 0 aromatic carbocycles. The maximum absolute atomic E-state index is 10.2. The molecular weight excluding hydrogens is 132 g/mol. The maximum atomic E-state index is 10.2. The number of H-pyrrole nitrogens is 1. The molecule has 5 heteroatoms. The maximum Gasteiger partial charge on any atom is 0.237 e. The normalized spacial score (nSPS) is 10.4. The second-order valence-corrected chi connectivity index (χ2v) is 1.83. The van der Waals surface area contributed by atoms with Crippen LogP contribution in [0.2, 0.25) is 0 Å². The largest absolute Gasteiger partial charge is 0.285 e. The predicted molar refractivity (Wildman–Crippen MR) is 32.1 cm³/mol. The minimum Gasteiger partial charge on any atom is -0.285 e. The SMILES string of the molecule is O=[C]c1ccn2[nH]nnc12. The predicted octanol–water partition coefficient (Wildman–Crippen LogP) is -0.485. The highest BCUT2D eigenvalue weighted by atomic mass is 16.1. The molecule has 2 heterocycles. The van der Waals surface area contributed by atoms with Crippen LogP contribution < -0.4 is 0 Å². The van der Waals surface area contributed by atoms with Crippen molar-refractivity contribution in [1.82, 2.24) is 20.0 Å². The summed E-state index contributed by atoms with van der Waals surface area (Å²) in [4.78, 5) is 10.2. The number of hydrogen-bond acceptors (Lipinski definition) is 3. The Hall–Kier alpha value is -1.65. The van der Waals surface area contributed by atoms with Crippen LogP contribution in [-0.4, -0.2) is 26.3 Å². The molecule has 2 aromatic heterocycles. The summed E-state index contributed by atoms with van der Waals surface area (Å²) >= 11 is 0. The van der Waals surface area contributed by atoms with Crippen molar-refractivity contribution in [2.24, 2.45) is 0 Å². The number of hydrogen-bond donors (Lipinski definition) is 1. The first-order chi connectivity index (χ1) is 4.92. The Morgan fingerprint density at radius 3 is 3.40 bits per heavy atom. The molecule has 0 amide bonds. The lowest BCUT2D eigenvalue weighted by molar-refractivity contribution is 0.563. The topological polar surface area (TPSA) is 63.0 Å². The Bertz CT molecular complexity index is 360. The molecule has 1 radical (unpaired) electrons. The Balaban J connectivity index is 2.88. The van der Waals surface area contributed by atoms with Gasteiger partial charge < -0.3 is 0 Å². The van der Waals surface area contributed by atoms with E-state index in [1.807, 2.05) is 0 Å². The molecule has 0 fully saturated rings. The number of aromatic nitrogens is 4. The van der Waals surface area contributed by atoms with Gasteiger partial charge in [0.25, 0.3) is 0 Å². The quantitative estimate of drug-likeness (QED) is 0.574. The van der Waals surface area contributed by atoms with Gasteiger partial charge in [0.15, 0.2) is 5.65 Å². The first-order valence-corrected chi connectivity index (χ1v) is 2.68. The van der Waals surface area contributed by atoms with Gasteiger partial charge in [-0.1, -0.05) is 5.21 Å². The monoisotopic (exact) mass is 135 g/mol. The van der Waals surface area contributed by atoms with Crippen molar-refractivity contribution >= 4 is 11.9 Å². The lowest BCUT2D eigenvalue weighted by Gasteiger charge is -1.74. The fourth-order valence-electron chi connectivity index (χ4n) is 0.804. The van der Waals surface area contributed by atoms with Crippen molar-refractivity contribution in [1.29, 1.82) is 0 Å².